The van der Waals surface area contributed by atoms with E-state index in [9.17, 15) is 0 Å². The van der Waals surface area contributed by atoms with Crippen molar-refractivity contribution < 1.29 is 4.90 Å². The van der Waals surface area contributed by atoms with Crippen LogP contribution in [-0.4, -0.2) is 4.98 Å². The minimum Gasteiger partial charge on any atom is -0.355 e. The Balaban J connectivity index is 1.41. The molecule has 2 N–H and O–H groups in total. The van der Waals surface area contributed by atoms with Crippen molar-refractivity contribution in [2.75, 3.05) is 0 Å². The maximum absolute atomic E-state index is 3.53. The van der Waals surface area contributed by atoms with E-state index in [0.717, 1.165) is 0 Å². The highest BCUT2D eigenvalue weighted by Gasteiger charge is 2.33. The summed E-state index contributed by atoms with van der Waals surface area (Å²) in [5, 5.41) is 2.55. The van der Waals surface area contributed by atoms with Gasteiger partial charge in [0, 0.05) is 39.5 Å². The molecule has 1 unspecified atom stereocenters. The number of H-pyrrole nitrogens is 1. The van der Waals surface area contributed by atoms with E-state index in [4.69, 9.17) is 0 Å². The Kier molecular flexibility index (Phi) is 3.66. The number of rotatable bonds is 2. The van der Waals surface area contributed by atoms with E-state index in [1.807, 2.05) is 0 Å². The number of benzene rings is 5. The van der Waals surface area contributed by atoms with E-state index in [0.29, 0.717) is 0 Å². The molecule has 0 amide bonds. The molecule has 0 spiro atoms. The Morgan fingerprint density at radius 1 is 0.469 bits per heavy atom. The van der Waals surface area contributed by atoms with E-state index in [-0.39, 0.29) is 0 Å². The first kappa shape index (κ1) is 17.5. The van der Waals surface area contributed by atoms with Crippen LogP contribution in [0, 0.1) is 0 Å². The second kappa shape index (κ2) is 6.68. The van der Waals surface area contributed by atoms with Gasteiger partial charge >= 0.3 is 0 Å². The summed E-state index contributed by atoms with van der Waals surface area (Å²) >= 11 is 0. The molecule has 1 aliphatic heterocycles. The van der Waals surface area contributed by atoms with Gasteiger partial charge in [0.25, 0.3) is 0 Å². The van der Waals surface area contributed by atoms with Crippen molar-refractivity contribution in [3.05, 3.63) is 115 Å². The lowest BCUT2D eigenvalue weighted by molar-refractivity contribution is -0.677. The average molecular weight is 410 g/mol. The second-order valence-corrected chi connectivity index (χ2v) is 8.48. The van der Waals surface area contributed by atoms with Crippen molar-refractivity contribution in [3.8, 4) is 22.3 Å². The molecule has 1 aliphatic rings. The summed E-state index contributed by atoms with van der Waals surface area (Å²) in [6, 6.07) is 41.7. The second-order valence-electron chi connectivity index (χ2n) is 8.48. The average Bonchev–Trinajstić information content (AvgIpc) is 3.39. The highest BCUT2D eigenvalue weighted by atomic mass is 15.2. The van der Waals surface area contributed by atoms with Gasteiger partial charge in [0.2, 0.25) is 0 Å². The van der Waals surface area contributed by atoms with Crippen LogP contribution in [0.3, 0.4) is 0 Å². The van der Waals surface area contributed by atoms with E-state index < -0.39 is 0 Å². The van der Waals surface area contributed by atoms with Crippen LogP contribution in [0.2, 0.25) is 0 Å². The third-order valence-corrected chi connectivity index (χ3v) is 6.68. The van der Waals surface area contributed by atoms with Gasteiger partial charge in [0.05, 0.1) is 5.56 Å². The summed E-state index contributed by atoms with van der Waals surface area (Å²) < 4.78 is 0. The fourth-order valence-electron chi connectivity index (χ4n) is 5.19. The number of quaternary nitrogens is 1. The van der Waals surface area contributed by atoms with E-state index in [1.54, 1.807) is 0 Å². The number of hydrogen-bond acceptors (Lipinski definition) is 0. The van der Waals surface area contributed by atoms with Crippen molar-refractivity contribution in [3.63, 3.8) is 0 Å². The molecule has 0 saturated heterocycles. The van der Waals surface area contributed by atoms with Crippen LogP contribution in [0.15, 0.2) is 115 Å². The molecule has 5 aromatic carbocycles. The smallest absolute Gasteiger partial charge is 0.149 e. The number of aromatic nitrogens is 1. The lowest BCUT2D eigenvalue weighted by atomic mass is 9.98. The zero-order valence-corrected chi connectivity index (χ0v) is 17.5. The lowest BCUT2D eigenvalue weighted by Crippen LogP contribution is -2.95. The van der Waals surface area contributed by atoms with Crippen molar-refractivity contribution in [2.45, 2.75) is 0 Å². The van der Waals surface area contributed by atoms with Crippen LogP contribution >= 0.6 is 0 Å². The molecule has 150 valence electrons. The van der Waals surface area contributed by atoms with Gasteiger partial charge in [-0.05, 0) is 59.7 Å². The third-order valence-electron chi connectivity index (χ3n) is 6.68. The molecule has 0 aliphatic carbocycles. The monoisotopic (exact) mass is 409 g/mol. The number of aromatic amines is 1. The van der Waals surface area contributed by atoms with E-state index >= 15 is 0 Å². The van der Waals surface area contributed by atoms with E-state index in [2.05, 4.69) is 120 Å². The van der Waals surface area contributed by atoms with Gasteiger partial charge in [0.15, 0.2) is 0 Å². The fourth-order valence-corrected chi connectivity index (χ4v) is 5.19. The zero-order valence-electron chi connectivity index (χ0n) is 17.5. The summed E-state index contributed by atoms with van der Waals surface area (Å²) in [5.41, 5.74) is 11.4. The summed E-state index contributed by atoms with van der Waals surface area (Å²) in [7, 11) is 0. The van der Waals surface area contributed by atoms with Crippen molar-refractivity contribution in [2.24, 2.45) is 0 Å². The van der Waals surface area contributed by atoms with Gasteiger partial charge in [-0.15, -0.1) is 0 Å². The molecule has 2 nitrogen and oxygen atoms in total. The third kappa shape index (κ3) is 2.51. The predicted molar refractivity (Wildman–Crippen MR) is 133 cm³/mol. The molecule has 2 heteroatoms. The SMILES string of the molecule is c1ccc([NH+]2c3ccccc3-c3cc(-c4ccc5[nH]c6ccccc6c5c4)ccc32)cc1. The normalized spacial score (nSPS) is 14.6. The first-order valence-electron chi connectivity index (χ1n) is 11.0. The molecule has 2 heterocycles. The van der Waals surface area contributed by atoms with Crippen molar-refractivity contribution in [1.82, 2.24) is 4.98 Å². The summed E-state index contributed by atoms with van der Waals surface area (Å²) in [5.74, 6) is 0. The van der Waals surface area contributed by atoms with Crippen LogP contribution in [0.4, 0.5) is 17.1 Å². The van der Waals surface area contributed by atoms with Gasteiger partial charge in [-0.1, -0.05) is 54.6 Å². The zero-order chi connectivity index (χ0) is 21.1. The van der Waals surface area contributed by atoms with Crippen LogP contribution in [0.5, 0.6) is 0 Å². The molecule has 1 aromatic heterocycles. The Bertz CT molecular complexity index is 1630. The summed E-state index contributed by atoms with van der Waals surface area (Å²) in [4.78, 5) is 4.86. The standard InChI is InChI=1S/C30H20N2/c1-2-8-22(9-3-1)32-29-13-7-5-11-24(29)26-19-21(15-17-30(26)32)20-14-16-28-25(18-20)23-10-4-6-12-27(23)31-28/h1-19,31H/p+1. The molecule has 0 radical (unpaired) electrons. The van der Waals surface area contributed by atoms with E-state index in [1.165, 1.54) is 66.0 Å². The lowest BCUT2D eigenvalue weighted by Gasteiger charge is -2.14. The molecular formula is C30H21N2+. The van der Waals surface area contributed by atoms with Crippen LogP contribution in [-0.2, 0) is 0 Å². The first-order valence-corrected chi connectivity index (χ1v) is 11.0. The fraction of sp³-hybridized carbons (Fsp3) is 0. The number of nitrogens with one attached hydrogen (secondary N) is 2. The Labute approximate surface area is 186 Å². The summed E-state index contributed by atoms with van der Waals surface area (Å²) in [6.07, 6.45) is 0. The maximum atomic E-state index is 3.53. The number of para-hydroxylation sites is 3. The maximum Gasteiger partial charge on any atom is 0.149 e. The number of hydrogen-bond donors (Lipinski definition) is 2. The molecule has 7 rings (SSSR count). The molecular weight excluding hydrogens is 388 g/mol. The van der Waals surface area contributed by atoms with Crippen LogP contribution < -0.4 is 4.90 Å². The van der Waals surface area contributed by atoms with Gasteiger partial charge in [-0.2, -0.15) is 0 Å². The summed E-state index contributed by atoms with van der Waals surface area (Å²) in [6.45, 7) is 0. The minimum atomic E-state index is 1.18. The topological polar surface area (TPSA) is 20.2 Å². The van der Waals surface area contributed by atoms with Gasteiger partial charge in [0.1, 0.15) is 17.1 Å². The highest BCUT2D eigenvalue weighted by molar-refractivity contribution is 6.08. The van der Waals surface area contributed by atoms with Gasteiger partial charge in [-0.25, -0.2) is 4.90 Å². The largest absolute Gasteiger partial charge is 0.355 e. The van der Waals surface area contributed by atoms with Crippen LogP contribution in [0.1, 0.15) is 0 Å². The molecule has 6 aromatic rings. The Morgan fingerprint density at radius 2 is 1.16 bits per heavy atom. The predicted octanol–water partition coefficient (Wildman–Crippen LogP) is 7.15. The molecule has 0 saturated carbocycles. The molecule has 1 atom stereocenters. The van der Waals surface area contributed by atoms with Gasteiger partial charge in [-0.3, -0.25) is 0 Å². The molecule has 0 bridgehead atoms. The van der Waals surface area contributed by atoms with Crippen molar-refractivity contribution >= 4 is 38.9 Å². The van der Waals surface area contributed by atoms with Crippen molar-refractivity contribution in [1.29, 1.82) is 0 Å². The first-order chi connectivity index (χ1) is 15.9. The van der Waals surface area contributed by atoms with Crippen LogP contribution in [0.25, 0.3) is 44.1 Å². The Hall–Kier alpha value is -4.14. The number of fused-ring (bicyclic) bond motifs is 6. The molecule has 32 heavy (non-hydrogen) atoms. The quantitative estimate of drug-likeness (QED) is 0.302. The Morgan fingerprint density at radius 3 is 2.09 bits per heavy atom. The van der Waals surface area contributed by atoms with Gasteiger partial charge < -0.3 is 4.98 Å². The minimum absolute atomic E-state index is 1.18. The highest BCUT2D eigenvalue weighted by Crippen LogP contribution is 2.41. The molecule has 0 fully saturated rings.